The number of rotatable bonds is 4. The number of nitrogens with zero attached hydrogens (tertiary/aromatic N) is 1. The molecule has 0 atom stereocenters. The lowest BCUT2D eigenvalue weighted by molar-refractivity contribution is 0.281. The van der Waals surface area contributed by atoms with Crippen LogP contribution in [0.2, 0.25) is 5.02 Å². The van der Waals surface area contributed by atoms with Gasteiger partial charge in [0.05, 0.1) is 12.3 Å². The van der Waals surface area contributed by atoms with Crippen LogP contribution in [0.1, 0.15) is 11.1 Å². The maximum atomic E-state index is 12.1. The maximum absolute atomic E-state index is 12.1. The van der Waals surface area contributed by atoms with Gasteiger partial charge in [0.2, 0.25) is 0 Å². The zero-order valence-corrected chi connectivity index (χ0v) is 12.2. The summed E-state index contributed by atoms with van der Waals surface area (Å²) in [6.07, 6.45) is 1.32. The molecule has 0 saturated carbocycles. The van der Waals surface area contributed by atoms with Gasteiger partial charge in [-0.1, -0.05) is 23.7 Å². The van der Waals surface area contributed by atoms with Crippen molar-refractivity contribution in [3.63, 3.8) is 0 Å². The van der Waals surface area contributed by atoms with E-state index in [4.69, 9.17) is 16.7 Å². The summed E-state index contributed by atoms with van der Waals surface area (Å²) in [5.41, 5.74) is 1.77. The van der Waals surface area contributed by atoms with Gasteiger partial charge in [-0.3, -0.25) is 4.72 Å². The largest absolute Gasteiger partial charge is 0.392 e. The predicted octanol–water partition coefficient (Wildman–Crippen LogP) is 2.34. The van der Waals surface area contributed by atoms with E-state index < -0.39 is 10.0 Å². The standard InChI is InChI=1S/C13H13ClN2O3S/c1-9-2-4-11(6-12(9)14)16-20(18,19)13-5-3-10(8-17)7-15-13/h2-7,16-17H,8H2,1H3. The van der Waals surface area contributed by atoms with Crippen molar-refractivity contribution in [1.29, 1.82) is 0 Å². The van der Waals surface area contributed by atoms with Crippen molar-refractivity contribution in [2.24, 2.45) is 0 Å². The van der Waals surface area contributed by atoms with Crippen molar-refractivity contribution in [3.8, 4) is 0 Å². The van der Waals surface area contributed by atoms with E-state index in [1.165, 1.54) is 24.4 Å². The second-order valence-electron chi connectivity index (χ2n) is 4.23. The van der Waals surface area contributed by atoms with Crippen LogP contribution in [0, 0.1) is 6.92 Å². The van der Waals surface area contributed by atoms with Crippen molar-refractivity contribution >= 4 is 27.3 Å². The Kier molecular flexibility index (Phi) is 4.27. The molecule has 1 aromatic carbocycles. The second-order valence-corrected chi connectivity index (χ2v) is 6.27. The average molecular weight is 313 g/mol. The molecule has 0 bridgehead atoms. The highest BCUT2D eigenvalue weighted by Crippen LogP contribution is 2.22. The lowest BCUT2D eigenvalue weighted by Crippen LogP contribution is -2.14. The quantitative estimate of drug-likeness (QED) is 0.908. The molecule has 0 aliphatic carbocycles. The number of aryl methyl sites for hydroxylation is 1. The highest BCUT2D eigenvalue weighted by molar-refractivity contribution is 7.92. The van der Waals surface area contributed by atoms with Crippen LogP contribution in [0.3, 0.4) is 0 Å². The first-order chi connectivity index (χ1) is 9.42. The summed E-state index contributed by atoms with van der Waals surface area (Å²) in [5.74, 6) is 0. The third kappa shape index (κ3) is 3.27. The molecule has 0 unspecified atom stereocenters. The van der Waals surface area contributed by atoms with E-state index >= 15 is 0 Å². The fourth-order valence-corrected chi connectivity index (χ4v) is 2.69. The average Bonchev–Trinajstić information content (AvgIpc) is 2.43. The number of hydrogen-bond donors (Lipinski definition) is 2. The van der Waals surface area contributed by atoms with Crippen molar-refractivity contribution < 1.29 is 13.5 Å². The van der Waals surface area contributed by atoms with Gasteiger partial charge < -0.3 is 5.11 Å². The summed E-state index contributed by atoms with van der Waals surface area (Å²) in [6.45, 7) is 1.64. The summed E-state index contributed by atoms with van der Waals surface area (Å²) in [5, 5.41) is 9.26. The van der Waals surface area contributed by atoms with Crippen LogP contribution in [-0.4, -0.2) is 18.5 Å². The molecular formula is C13H13ClN2O3S. The number of aromatic nitrogens is 1. The van der Waals surface area contributed by atoms with Crippen molar-refractivity contribution in [3.05, 3.63) is 52.7 Å². The Morgan fingerprint density at radius 1 is 1.30 bits per heavy atom. The van der Waals surface area contributed by atoms with E-state index in [1.54, 1.807) is 12.1 Å². The first-order valence-electron chi connectivity index (χ1n) is 5.77. The van der Waals surface area contributed by atoms with Gasteiger partial charge >= 0.3 is 0 Å². The Balaban J connectivity index is 2.27. The molecule has 5 nitrogen and oxygen atoms in total. The van der Waals surface area contributed by atoms with Crippen molar-refractivity contribution in [2.75, 3.05) is 4.72 Å². The third-order valence-electron chi connectivity index (χ3n) is 2.68. The minimum atomic E-state index is -3.77. The van der Waals surface area contributed by atoms with Gasteiger partial charge in [0.15, 0.2) is 5.03 Å². The summed E-state index contributed by atoms with van der Waals surface area (Å²) < 4.78 is 26.6. The van der Waals surface area contributed by atoms with Gasteiger partial charge in [-0.15, -0.1) is 0 Å². The lowest BCUT2D eigenvalue weighted by atomic mass is 10.2. The van der Waals surface area contributed by atoms with E-state index in [9.17, 15) is 8.42 Å². The molecule has 1 heterocycles. The summed E-state index contributed by atoms with van der Waals surface area (Å²) >= 11 is 5.95. The second kappa shape index (κ2) is 5.78. The van der Waals surface area contributed by atoms with Crippen LogP contribution in [0.15, 0.2) is 41.6 Å². The Morgan fingerprint density at radius 2 is 2.05 bits per heavy atom. The monoisotopic (exact) mass is 312 g/mol. The molecule has 2 rings (SSSR count). The van der Waals surface area contributed by atoms with Gasteiger partial charge in [-0.2, -0.15) is 8.42 Å². The molecule has 7 heteroatoms. The summed E-state index contributed by atoms with van der Waals surface area (Å²) in [6, 6.07) is 7.73. The molecule has 0 fully saturated rings. The van der Waals surface area contributed by atoms with Crippen LogP contribution in [0.5, 0.6) is 0 Å². The predicted molar refractivity (Wildman–Crippen MR) is 77.2 cm³/mol. The molecular weight excluding hydrogens is 300 g/mol. The first kappa shape index (κ1) is 14.8. The Morgan fingerprint density at radius 3 is 2.60 bits per heavy atom. The molecule has 0 radical (unpaired) electrons. The first-order valence-corrected chi connectivity index (χ1v) is 7.63. The molecule has 0 aliphatic heterocycles. The number of halogens is 1. The highest BCUT2D eigenvalue weighted by atomic mass is 35.5. The van der Waals surface area contributed by atoms with Gasteiger partial charge in [0, 0.05) is 11.2 Å². The van der Waals surface area contributed by atoms with Crippen LogP contribution in [-0.2, 0) is 16.6 Å². The number of nitrogens with one attached hydrogen (secondary N) is 1. The van der Waals surface area contributed by atoms with E-state index in [1.807, 2.05) is 6.92 Å². The van der Waals surface area contributed by atoms with Crippen LogP contribution >= 0.6 is 11.6 Å². The number of aliphatic hydroxyl groups is 1. The number of sulfonamides is 1. The molecule has 1 aromatic heterocycles. The molecule has 0 amide bonds. The Hall–Kier alpha value is -1.63. The zero-order valence-electron chi connectivity index (χ0n) is 10.7. The molecule has 20 heavy (non-hydrogen) atoms. The fraction of sp³-hybridized carbons (Fsp3) is 0.154. The fourth-order valence-electron chi connectivity index (χ4n) is 1.53. The van der Waals surface area contributed by atoms with Crippen molar-refractivity contribution in [1.82, 2.24) is 4.98 Å². The van der Waals surface area contributed by atoms with Gasteiger partial charge in [-0.25, -0.2) is 4.98 Å². The third-order valence-corrected chi connectivity index (χ3v) is 4.38. The molecule has 2 N–H and O–H groups in total. The maximum Gasteiger partial charge on any atom is 0.279 e. The normalized spacial score (nSPS) is 11.3. The van der Waals surface area contributed by atoms with Crippen LogP contribution in [0.25, 0.3) is 0 Å². The van der Waals surface area contributed by atoms with Gasteiger partial charge in [0.1, 0.15) is 0 Å². The molecule has 0 spiro atoms. The molecule has 2 aromatic rings. The smallest absolute Gasteiger partial charge is 0.279 e. The number of aliphatic hydroxyl groups excluding tert-OH is 1. The Labute approximate surface area is 122 Å². The van der Waals surface area contributed by atoms with E-state index in [2.05, 4.69) is 9.71 Å². The minimum absolute atomic E-state index is 0.119. The molecule has 0 aliphatic rings. The van der Waals surface area contributed by atoms with Gasteiger partial charge in [-0.05, 0) is 36.2 Å². The highest BCUT2D eigenvalue weighted by Gasteiger charge is 2.16. The van der Waals surface area contributed by atoms with E-state index in [0.717, 1.165) is 5.56 Å². The minimum Gasteiger partial charge on any atom is -0.392 e. The van der Waals surface area contributed by atoms with E-state index in [-0.39, 0.29) is 11.6 Å². The summed E-state index contributed by atoms with van der Waals surface area (Å²) in [4.78, 5) is 3.81. The Bertz CT molecular complexity index is 715. The van der Waals surface area contributed by atoms with Crippen LogP contribution in [0.4, 0.5) is 5.69 Å². The summed E-state index contributed by atoms with van der Waals surface area (Å²) in [7, 11) is -3.77. The van der Waals surface area contributed by atoms with Crippen molar-refractivity contribution in [2.45, 2.75) is 18.6 Å². The number of pyridine rings is 1. The zero-order chi connectivity index (χ0) is 14.8. The number of hydrogen-bond acceptors (Lipinski definition) is 4. The van der Waals surface area contributed by atoms with Crippen LogP contribution < -0.4 is 4.72 Å². The SMILES string of the molecule is Cc1ccc(NS(=O)(=O)c2ccc(CO)cn2)cc1Cl. The lowest BCUT2D eigenvalue weighted by Gasteiger charge is -2.09. The van der Waals surface area contributed by atoms with Gasteiger partial charge in [0.25, 0.3) is 10.0 Å². The molecule has 106 valence electrons. The topological polar surface area (TPSA) is 79.3 Å². The number of anilines is 1. The number of benzene rings is 1. The molecule has 0 saturated heterocycles. The van der Waals surface area contributed by atoms with E-state index in [0.29, 0.717) is 16.3 Å².